The van der Waals surface area contributed by atoms with Crippen LogP contribution in [0.25, 0.3) is 0 Å². The average Bonchev–Trinajstić information content (AvgIpc) is 2.10. The number of hydrogen-bond donors (Lipinski definition) is 3. The Balaban J connectivity index is 2.41. The molecule has 0 atom stereocenters. The van der Waals surface area contributed by atoms with Gasteiger partial charge < -0.3 is 16.2 Å². The summed E-state index contributed by atoms with van der Waals surface area (Å²) in [5.41, 5.74) is 5.45. The fraction of sp³-hybridized carbons (Fsp3) is 0.917. The molecule has 0 aromatic carbocycles. The van der Waals surface area contributed by atoms with Crippen LogP contribution in [0.15, 0.2) is 0 Å². The molecule has 0 unspecified atom stereocenters. The SMILES string of the molecule is CC(C)(CCO)NC(=O)CC1(CN)CCC1. The predicted molar refractivity (Wildman–Crippen MR) is 63.9 cm³/mol. The first-order chi connectivity index (χ1) is 7.43. The fourth-order valence-corrected chi connectivity index (χ4v) is 2.23. The van der Waals surface area contributed by atoms with Crippen LogP contribution in [0.5, 0.6) is 0 Å². The number of carbonyl (C=O) groups is 1. The molecular weight excluding hydrogens is 204 g/mol. The molecular formula is C12H24N2O2. The van der Waals surface area contributed by atoms with Gasteiger partial charge in [0.2, 0.25) is 5.91 Å². The van der Waals surface area contributed by atoms with E-state index in [0.717, 1.165) is 12.8 Å². The lowest BCUT2D eigenvalue weighted by molar-refractivity contribution is -0.126. The zero-order chi connectivity index (χ0) is 12.2. The third kappa shape index (κ3) is 3.46. The lowest BCUT2D eigenvalue weighted by atomic mass is 9.66. The maximum absolute atomic E-state index is 11.9. The zero-order valence-corrected chi connectivity index (χ0v) is 10.4. The van der Waals surface area contributed by atoms with E-state index in [4.69, 9.17) is 10.8 Å². The van der Waals surface area contributed by atoms with Crippen molar-refractivity contribution in [3.63, 3.8) is 0 Å². The van der Waals surface area contributed by atoms with Gasteiger partial charge in [-0.2, -0.15) is 0 Å². The van der Waals surface area contributed by atoms with Crippen LogP contribution in [0.1, 0.15) is 46.0 Å². The maximum Gasteiger partial charge on any atom is 0.221 e. The van der Waals surface area contributed by atoms with Gasteiger partial charge in [-0.3, -0.25) is 4.79 Å². The van der Waals surface area contributed by atoms with Gasteiger partial charge in [-0.25, -0.2) is 0 Å². The molecule has 1 saturated carbocycles. The van der Waals surface area contributed by atoms with Gasteiger partial charge in [0.1, 0.15) is 0 Å². The molecule has 1 aliphatic rings. The summed E-state index contributed by atoms with van der Waals surface area (Å²) in [5.74, 6) is 0.0589. The Labute approximate surface area is 97.6 Å². The summed E-state index contributed by atoms with van der Waals surface area (Å²) >= 11 is 0. The van der Waals surface area contributed by atoms with Gasteiger partial charge in [-0.05, 0) is 45.1 Å². The smallest absolute Gasteiger partial charge is 0.221 e. The monoisotopic (exact) mass is 228 g/mol. The predicted octanol–water partition coefficient (Wildman–Crippen LogP) is 0.783. The van der Waals surface area contributed by atoms with Gasteiger partial charge in [0.05, 0.1) is 0 Å². The van der Waals surface area contributed by atoms with E-state index in [1.54, 1.807) is 0 Å². The molecule has 4 N–H and O–H groups in total. The summed E-state index contributed by atoms with van der Waals surface area (Å²) < 4.78 is 0. The van der Waals surface area contributed by atoms with Crippen molar-refractivity contribution in [1.82, 2.24) is 5.32 Å². The molecule has 4 nitrogen and oxygen atoms in total. The Kier molecular flexibility index (Phi) is 4.33. The van der Waals surface area contributed by atoms with Crippen LogP contribution in [-0.4, -0.2) is 29.7 Å². The van der Waals surface area contributed by atoms with Gasteiger partial charge in [0.25, 0.3) is 0 Å². The van der Waals surface area contributed by atoms with Gasteiger partial charge in [0.15, 0.2) is 0 Å². The molecule has 0 radical (unpaired) electrons. The van der Waals surface area contributed by atoms with E-state index in [1.165, 1.54) is 6.42 Å². The minimum atomic E-state index is -0.328. The molecule has 0 bridgehead atoms. The standard InChI is InChI=1S/C12H24N2O2/c1-11(2,6-7-15)14-10(16)8-12(9-13)4-3-5-12/h15H,3-9,13H2,1-2H3,(H,14,16). The van der Waals surface area contributed by atoms with E-state index in [9.17, 15) is 4.79 Å². The maximum atomic E-state index is 11.9. The van der Waals surface area contributed by atoms with Crippen molar-refractivity contribution in [2.75, 3.05) is 13.2 Å². The second-order valence-corrected chi connectivity index (χ2v) is 5.64. The van der Waals surface area contributed by atoms with Crippen molar-refractivity contribution in [3.05, 3.63) is 0 Å². The highest BCUT2D eigenvalue weighted by Gasteiger charge is 2.38. The second-order valence-electron chi connectivity index (χ2n) is 5.64. The van der Waals surface area contributed by atoms with Gasteiger partial charge >= 0.3 is 0 Å². The van der Waals surface area contributed by atoms with Crippen LogP contribution in [-0.2, 0) is 4.79 Å². The van der Waals surface area contributed by atoms with Crippen LogP contribution < -0.4 is 11.1 Å². The van der Waals surface area contributed by atoms with Crippen molar-refractivity contribution in [3.8, 4) is 0 Å². The highest BCUT2D eigenvalue weighted by atomic mass is 16.3. The average molecular weight is 228 g/mol. The summed E-state index contributed by atoms with van der Waals surface area (Å²) in [4.78, 5) is 11.9. The van der Waals surface area contributed by atoms with Crippen LogP contribution >= 0.6 is 0 Å². The van der Waals surface area contributed by atoms with Gasteiger partial charge in [-0.1, -0.05) is 6.42 Å². The Hall–Kier alpha value is -0.610. The number of amides is 1. The highest BCUT2D eigenvalue weighted by molar-refractivity contribution is 5.77. The molecule has 94 valence electrons. The number of carbonyl (C=O) groups excluding carboxylic acids is 1. The number of hydrogen-bond acceptors (Lipinski definition) is 3. The van der Waals surface area contributed by atoms with E-state index in [-0.39, 0.29) is 23.5 Å². The van der Waals surface area contributed by atoms with Crippen molar-refractivity contribution in [2.24, 2.45) is 11.1 Å². The Morgan fingerprint density at radius 2 is 2.12 bits per heavy atom. The molecule has 1 aliphatic carbocycles. The van der Waals surface area contributed by atoms with E-state index >= 15 is 0 Å². The molecule has 0 aromatic heterocycles. The lowest BCUT2D eigenvalue weighted by Crippen LogP contribution is -2.48. The molecule has 0 aromatic rings. The summed E-state index contributed by atoms with van der Waals surface area (Å²) in [6, 6.07) is 0. The Morgan fingerprint density at radius 3 is 2.50 bits per heavy atom. The largest absolute Gasteiger partial charge is 0.396 e. The van der Waals surface area contributed by atoms with E-state index in [2.05, 4.69) is 5.32 Å². The molecule has 1 rings (SSSR count). The molecule has 16 heavy (non-hydrogen) atoms. The van der Waals surface area contributed by atoms with Gasteiger partial charge in [0, 0.05) is 18.6 Å². The fourth-order valence-electron chi connectivity index (χ4n) is 2.23. The summed E-state index contributed by atoms with van der Waals surface area (Å²) in [6.07, 6.45) is 4.42. The van der Waals surface area contributed by atoms with Crippen LogP contribution in [0.2, 0.25) is 0 Å². The summed E-state index contributed by atoms with van der Waals surface area (Å²) in [5, 5.41) is 11.8. The first kappa shape index (κ1) is 13.5. The lowest BCUT2D eigenvalue weighted by Gasteiger charge is -2.41. The van der Waals surface area contributed by atoms with Crippen LogP contribution in [0.4, 0.5) is 0 Å². The number of aliphatic hydroxyl groups excluding tert-OH is 1. The summed E-state index contributed by atoms with van der Waals surface area (Å²) in [7, 11) is 0. The summed E-state index contributed by atoms with van der Waals surface area (Å²) in [6.45, 7) is 4.55. The second kappa shape index (κ2) is 5.15. The highest BCUT2D eigenvalue weighted by Crippen LogP contribution is 2.42. The Bertz CT molecular complexity index is 242. The van der Waals surface area contributed by atoms with E-state index in [0.29, 0.717) is 19.4 Å². The molecule has 0 heterocycles. The van der Waals surface area contributed by atoms with Crippen LogP contribution in [0, 0.1) is 5.41 Å². The minimum absolute atomic E-state index is 0.0549. The third-order valence-electron chi connectivity index (χ3n) is 3.60. The first-order valence-electron chi connectivity index (χ1n) is 6.05. The van der Waals surface area contributed by atoms with Gasteiger partial charge in [-0.15, -0.1) is 0 Å². The Morgan fingerprint density at radius 1 is 1.50 bits per heavy atom. The van der Waals surface area contributed by atoms with Crippen LogP contribution in [0.3, 0.4) is 0 Å². The first-order valence-corrected chi connectivity index (χ1v) is 6.05. The molecule has 4 heteroatoms. The van der Waals surface area contributed by atoms with E-state index in [1.807, 2.05) is 13.8 Å². The minimum Gasteiger partial charge on any atom is -0.396 e. The van der Waals surface area contributed by atoms with E-state index < -0.39 is 0 Å². The number of aliphatic hydroxyl groups is 1. The third-order valence-corrected chi connectivity index (χ3v) is 3.60. The molecule has 1 fully saturated rings. The number of nitrogens with two attached hydrogens (primary N) is 1. The molecule has 0 aliphatic heterocycles. The zero-order valence-electron chi connectivity index (χ0n) is 10.4. The van der Waals surface area contributed by atoms with Crippen molar-refractivity contribution in [2.45, 2.75) is 51.5 Å². The molecule has 0 saturated heterocycles. The number of nitrogens with one attached hydrogen (secondary N) is 1. The van der Waals surface area contributed by atoms with Crippen molar-refractivity contribution >= 4 is 5.91 Å². The molecule has 1 amide bonds. The van der Waals surface area contributed by atoms with Crippen molar-refractivity contribution in [1.29, 1.82) is 0 Å². The topological polar surface area (TPSA) is 75.3 Å². The molecule has 0 spiro atoms. The quantitative estimate of drug-likeness (QED) is 0.629. The normalized spacial score (nSPS) is 19.0. The van der Waals surface area contributed by atoms with Crippen molar-refractivity contribution < 1.29 is 9.90 Å². The number of rotatable bonds is 6.